The number of ether oxygens (including phenoxy) is 1. The van der Waals surface area contributed by atoms with Crippen LogP contribution in [-0.2, 0) is 11.2 Å². The van der Waals surface area contributed by atoms with Crippen molar-refractivity contribution < 1.29 is 27.8 Å². The van der Waals surface area contributed by atoms with Gasteiger partial charge in [-0.15, -0.1) is 0 Å². The van der Waals surface area contributed by atoms with Crippen molar-refractivity contribution in [2.75, 3.05) is 19.7 Å². The van der Waals surface area contributed by atoms with E-state index in [-0.39, 0.29) is 42.9 Å². The molecule has 0 aliphatic carbocycles. The fourth-order valence-corrected chi connectivity index (χ4v) is 4.21. The van der Waals surface area contributed by atoms with Crippen molar-refractivity contribution in [3.8, 4) is 22.6 Å². The van der Waals surface area contributed by atoms with Gasteiger partial charge in [0.25, 0.3) is 0 Å². The molecule has 1 amide bonds. The standard InChI is InChI=1S/C24H21F2N3O4/c1-14-4-5-29-19(12-16-13-28(24(30)31)6-8-32-16)23(27-21(29)9-14)22-17(25)10-15(11-18(22)26)20-3-2-7-33-20/h2-5,7,9-11,16H,6,8,12-13H2,1H3,(H,30,31). The topological polar surface area (TPSA) is 80.2 Å². The van der Waals surface area contributed by atoms with Crippen LogP contribution in [0.3, 0.4) is 0 Å². The minimum absolute atomic E-state index is 0.163. The lowest BCUT2D eigenvalue weighted by Crippen LogP contribution is -2.45. The molecule has 1 fully saturated rings. The quantitative estimate of drug-likeness (QED) is 0.482. The Kier molecular flexibility index (Phi) is 5.33. The van der Waals surface area contributed by atoms with E-state index in [1.807, 2.05) is 19.1 Å². The van der Waals surface area contributed by atoms with Gasteiger partial charge >= 0.3 is 6.09 Å². The second kappa shape index (κ2) is 8.32. The predicted octanol–water partition coefficient (Wildman–Crippen LogP) is 4.77. The molecular weight excluding hydrogens is 432 g/mol. The Labute approximate surface area is 187 Å². The largest absolute Gasteiger partial charge is 0.465 e. The highest BCUT2D eigenvalue weighted by molar-refractivity contribution is 5.72. The molecule has 0 spiro atoms. The molecule has 1 saturated heterocycles. The fourth-order valence-electron chi connectivity index (χ4n) is 4.21. The molecule has 33 heavy (non-hydrogen) atoms. The smallest absolute Gasteiger partial charge is 0.407 e. The number of furan rings is 1. The van der Waals surface area contributed by atoms with E-state index < -0.39 is 23.8 Å². The summed E-state index contributed by atoms with van der Waals surface area (Å²) in [4.78, 5) is 17.2. The van der Waals surface area contributed by atoms with Gasteiger partial charge in [-0.1, -0.05) is 0 Å². The van der Waals surface area contributed by atoms with Crippen molar-refractivity contribution in [3.05, 3.63) is 71.8 Å². The maximum absolute atomic E-state index is 15.3. The summed E-state index contributed by atoms with van der Waals surface area (Å²) in [7, 11) is 0. The Morgan fingerprint density at radius 3 is 2.73 bits per heavy atom. The van der Waals surface area contributed by atoms with Crippen LogP contribution in [0.15, 0.2) is 53.3 Å². The van der Waals surface area contributed by atoms with Crippen molar-refractivity contribution in [1.82, 2.24) is 14.3 Å². The molecule has 0 radical (unpaired) electrons. The number of benzene rings is 1. The lowest BCUT2D eigenvalue weighted by molar-refractivity contribution is -0.0214. The summed E-state index contributed by atoms with van der Waals surface area (Å²) in [6.07, 6.45) is 1.97. The number of hydrogen-bond acceptors (Lipinski definition) is 4. The molecule has 4 aromatic rings. The lowest BCUT2D eigenvalue weighted by Gasteiger charge is -2.31. The number of morpholine rings is 1. The third kappa shape index (κ3) is 3.95. The van der Waals surface area contributed by atoms with Crippen LogP contribution in [0.1, 0.15) is 11.3 Å². The van der Waals surface area contributed by atoms with Crippen LogP contribution in [0, 0.1) is 18.6 Å². The molecule has 4 heterocycles. The summed E-state index contributed by atoms with van der Waals surface area (Å²) in [6.45, 7) is 2.60. The molecule has 1 aromatic carbocycles. The molecule has 1 aliphatic heterocycles. The van der Waals surface area contributed by atoms with Gasteiger partial charge in [-0.25, -0.2) is 18.6 Å². The summed E-state index contributed by atoms with van der Waals surface area (Å²) < 4.78 is 43.4. The van der Waals surface area contributed by atoms with Crippen LogP contribution in [0.2, 0.25) is 0 Å². The van der Waals surface area contributed by atoms with Crippen LogP contribution < -0.4 is 0 Å². The van der Waals surface area contributed by atoms with Crippen LogP contribution in [0.25, 0.3) is 28.2 Å². The summed E-state index contributed by atoms with van der Waals surface area (Å²) in [5, 5.41) is 9.34. The summed E-state index contributed by atoms with van der Waals surface area (Å²) in [5.41, 5.74) is 2.24. The van der Waals surface area contributed by atoms with Crippen LogP contribution in [-0.4, -0.2) is 51.3 Å². The van der Waals surface area contributed by atoms with Crippen molar-refractivity contribution in [2.24, 2.45) is 0 Å². The Hall–Kier alpha value is -3.72. The minimum atomic E-state index is -1.03. The second-order valence-electron chi connectivity index (χ2n) is 8.06. The van der Waals surface area contributed by atoms with E-state index >= 15 is 8.78 Å². The zero-order valence-electron chi connectivity index (χ0n) is 17.8. The van der Waals surface area contributed by atoms with E-state index in [9.17, 15) is 9.90 Å². The third-order valence-corrected chi connectivity index (χ3v) is 5.80. The molecule has 1 atom stereocenters. The number of rotatable bonds is 4. The van der Waals surface area contributed by atoms with Crippen molar-refractivity contribution >= 4 is 11.7 Å². The number of amides is 1. The van der Waals surface area contributed by atoms with E-state index in [0.29, 0.717) is 17.1 Å². The summed E-state index contributed by atoms with van der Waals surface area (Å²) in [5.74, 6) is -1.17. The number of carboxylic acid groups (broad SMARTS) is 1. The van der Waals surface area contributed by atoms with Gasteiger partial charge < -0.3 is 23.6 Å². The van der Waals surface area contributed by atoms with Gasteiger partial charge in [-0.3, -0.25) is 0 Å². The Bertz CT molecular complexity index is 1310. The van der Waals surface area contributed by atoms with E-state index in [1.165, 1.54) is 23.3 Å². The van der Waals surface area contributed by atoms with E-state index in [4.69, 9.17) is 9.15 Å². The molecule has 7 nitrogen and oxygen atoms in total. The monoisotopic (exact) mass is 453 g/mol. The van der Waals surface area contributed by atoms with E-state index in [1.54, 1.807) is 22.7 Å². The molecule has 0 saturated carbocycles. The molecule has 9 heteroatoms. The molecule has 1 N–H and O–H groups in total. The SMILES string of the molecule is Cc1ccn2c(CC3CN(C(=O)O)CCO3)c(-c3c(F)cc(-c4ccco4)cc3F)nc2c1. The maximum atomic E-state index is 15.3. The van der Waals surface area contributed by atoms with Crippen LogP contribution >= 0.6 is 0 Å². The van der Waals surface area contributed by atoms with Gasteiger partial charge in [0.15, 0.2) is 0 Å². The zero-order valence-corrected chi connectivity index (χ0v) is 17.8. The van der Waals surface area contributed by atoms with Crippen molar-refractivity contribution in [2.45, 2.75) is 19.4 Å². The minimum Gasteiger partial charge on any atom is -0.465 e. The van der Waals surface area contributed by atoms with Gasteiger partial charge in [0.05, 0.1) is 42.5 Å². The molecule has 0 bridgehead atoms. The highest BCUT2D eigenvalue weighted by Crippen LogP contribution is 2.34. The number of aromatic nitrogens is 2. The van der Waals surface area contributed by atoms with Crippen molar-refractivity contribution in [1.29, 1.82) is 0 Å². The lowest BCUT2D eigenvalue weighted by atomic mass is 10.0. The number of carbonyl (C=O) groups is 1. The highest BCUT2D eigenvalue weighted by atomic mass is 19.1. The maximum Gasteiger partial charge on any atom is 0.407 e. The molecule has 3 aromatic heterocycles. The molecule has 5 rings (SSSR count). The first-order valence-electron chi connectivity index (χ1n) is 10.5. The number of aryl methyl sites for hydroxylation is 1. The summed E-state index contributed by atoms with van der Waals surface area (Å²) in [6, 6.07) is 9.41. The van der Waals surface area contributed by atoms with Gasteiger partial charge in [-0.05, 0) is 48.9 Å². The fraction of sp³-hybridized carbons (Fsp3) is 0.250. The van der Waals surface area contributed by atoms with Gasteiger partial charge in [0.2, 0.25) is 0 Å². The third-order valence-electron chi connectivity index (χ3n) is 5.80. The zero-order chi connectivity index (χ0) is 23.1. The number of pyridine rings is 1. The number of imidazole rings is 1. The number of fused-ring (bicyclic) bond motifs is 1. The molecular formula is C24H21F2N3O4. The van der Waals surface area contributed by atoms with Gasteiger partial charge in [0.1, 0.15) is 23.0 Å². The average Bonchev–Trinajstić information content (AvgIpc) is 3.42. The Morgan fingerprint density at radius 2 is 2.03 bits per heavy atom. The first kappa shape index (κ1) is 21.1. The summed E-state index contributed by atoms with van der Waals surface area (Å²) >= 11 is 0. The van der Waals surface area contributed by atoms with E-state index in [0.717, 1.165) is 5.56 Å². The molecule has 170 valence electrons. The van der Waals surface area contributed by atoms with E-state index in [2.05, 4.69) is 4.98 Å². The molecule has 1 unspecified atom stereocenters. The first-order valence-corrected chi connectivity index (χ1v) is 10.5. The predicted molar refractivity (Wildman–Crippen MR) is 116 cm³/mol. The Morgan fingerprint density at radius 1 is 1.24 bits per heavy atom. The van der Waals surface area contributed by atoms with Crippen LogP contribution in [0.5, 0.6) is 0 Å². The normalized spacial score (nSPS) is 16.5. The average molecular weight is 453 g/mol. The van der Waals surface area contributed by atoms with Crippen molar-refractivity contribution in [3.63, 3.8) is 0 Å². The Balaban J connectivity index is 1.61. The number of hydrogen-bond donors (Lipinski definition) is 1. The number of halogens is 2. The second-order valence-corrected chi connectivity index (χ2v) is 8.06. The highest BCUT2D eigenvalue weighted by Gasteiger charge is 2.28. The number of nitrogens with zero attached hydrogens (tertiary/aromatic N) is 3. The first-order chi connectivity index (χ1) is 15.9. The van der Waals surface area contributed by atoms with Crippen LogP contribution in [0.4, 0.5) is 13.6 Å². The van der Waals surface area contributed by atoms with Gasteiger partial charge in [-0.2, -0.15) is 0 Å². The molecule has 1 aliphatic rings. The van der Waals surface area contributed by atoms with Gasteiger partial charge in [0, 0.05) is 24.7 Å².